The van der Waals surface area contributed by atoms with Crippen molar-refractivity contribution in [2.24, 2.45) is 0 Å². The van der Waals surface area contributed by atoms with Gasteiger partial charge in [0, 0.05) is 27.2 Å². The smallest absolute Gasteiger partial charge is 0.144 e. The molecule has 0 N–H and O–H groups in total. The van der Waals surface area contributed by atoms with E-state index in [0.717, 1.165) is 28.5 Å². The van der Waals surface area contributed by atoms with Crippen molar-refractivity contribution in [1.82, 2.24) is 0 Å². The average Bonchev–Trinajstić information content (AvgIpc) is 3.44. The van der Waals surface area contributed by atoms with Crippen LogP contribution in [0.3, 0.4) is 0 Å². The average molecular weight is 367 g/mol. The molecule has 3 aromatic rings. The molecule has 1 saturated carbocycles. The van der Waals surface area contributed by atoms with Crippen molar-refractivity contribution in [2.45, 2.75) is 18.3 Å². The van der Waals surface area contributed by atoms with Gasteiger partial charge in [0.15, 0.2) is 0 Å². The predicted octanol–water partition coefficient (Wildman–Crippen LogP) is 5.39. The van der Waals surface area contributed by atoms with Gasteiger partial charge in [-0.2, -0.15) is 0 Å². The van der Waals surface area contributed by atoms with Crippen molar-refractivity contribution in [3.63, 3.8) is 0 Å². The van der Waals surface area contributed by atoms with Gasteiger partial charge in [-0.25, -0.2) is 0 Å². The number of rotatable bonds is 5. The zero-order valence-corrected chi connectivity index (χ0v) is 15.6. The van der Waals surface area contributed by atoms with E-state index in [1.54, 1.807) is 0 Å². The molecule has 126 valence electrons. The molecule has 0 radical (unpaired) electrons. The molecule has 3 heteroatoms. The molecule has 0 bridgehead atoms. The van der Waals surface area contributed by atoms with Crippen molar-refractivity contribution >= 4 is 29.4 Å². The molecule has 0 heterocycles. The summed E-state index contributed by atoms with van der Waals surface area (Å²) in [7, 11) is -2.71. The molecule has 0 saturated heterocycles. The third kappa shape index (κ3) is 3.19. The fraction of sp³-hybridized carbons (Fsp3) is 0.182. The Morgan fingerprint density at radius 1 is 0.800 bits per heavy atom. The van der Waals surface area contributed by atoms with Gasteiger partial charge < -0.3 is 4.57 Å². The van der Waals surface area contributed by atoms with Gasteiger partial charge in [0.05, 0.1) is 0 Å². The minimum absolute atomic E-state index is 0.0217. The van der Waals surface area contributed by atoms with Crippen molar-refractivity contribution in [1.29, 1.82) is 0 Å². The normalized spacial score (nSPS) is 15.7. The molecule has 0 unspecified atom stereocenters. The van der Waals surface area contributed by atoms with Crippen LogP contribution in [0.4, 0.5) is 0 Å². The van der Waals surface area contributed by atoms with Crippen LogP contribution in [0.2, 0.25) is 5.02 Å². The highest BCUT2D eigenvalue weighted by atomic mass is 35.5. The first kappa shape index (κ1) is 16.6. The lowest BCUT2D eigenvalue weighted by atomic mass is 9.98. The first-order valence-corrected chi connectivity index (χ1v) is 10.9. The highest BCUT2D eigenvalue weighted by molar-refractivity contribution is 7.78. The molecular weight excluding hydrogens is 347 g/mol. The first-order valence-electron chi connectivity index (χ1n) is 8.59. The van der Waals surface area contributed by atoms with E-state index in [9.17, 15) is 4.57 Å². The summed E-state index contributed by atoms with van der Waals surface area (Å²) >= 11 is 6.21. The molecule has 0 atom stereocenters. The Labute approximate surface area is 154 Å². The molecule has 0 aliphatic heterocycles. The molecule has 25 heavy (non-hydrogen) atoms. The van der Waals surface area contributed by atoms with Gasteiger partial charge in [-0.15, -0.1) is 0 Å². The molecule has 4 rings (SSSR count). The maximum atomic E-state index is 14.3. The predicted molar refractivity (Wildman–Crippen MR) is 107 cm³/mol. The highest BCUT2D eigenvalue weighted by Crippen LogP contribution is 2.59. The second-order valence-electron chi connectivity index (χ2n) is 6.86. The van der Waals surface area contributed by atoms with Gasteiger partial charge in [0.1, 0.15) is 7.14 Å². The van der Waals surface area contributed by atoms with Crippen LogP contribution in [0.1, 0.15) is 18.4 Å². The molecule has 1 aliphatic carbocycles. The number of halogens is 1. The Morgan fingerprint density at radius 3 is 1.84 bits per heavy atom. The summed E-state index contributed by atoms with van der Waals surface area (Å²) in [6, 6.07) is 27.9. The molecule has 0 spiro atoms. The quantitative estimate of drug-likeness (QED) is 0.553. The fourth-order valence-corrected chi connectivity index (χ4v) is 7.12. The molecule has 0 amide bonds. The van der Waals surface area contributed by atoms with E-state index in [1.165, 1.54) is 5.56 Å². The molecule has 0 aromatic heterocycles. The summed E-state index contributed by atoms with van der Waals surface area (Å²) in [5, 5.41) is 2.63. The lowest BCUT2D eigenvalue weighted by Gasteiger charge is -2.25. The van der Waals surface area contributed by atoms with Crippen LogP contribution in [0, 0.1) is 0 Å². The highest BCUT2D eigenvalue weighted by Gasteiger charge is 2.49. The summed E-state index contributed by atoms with van der Waals surface area (Å²) in [6.45, 7) is 0. The third-order valence-corrected chi connectivity index (χ3v) is 8.71. The van der Waals surface area contributed by atoms with Gasteiger partial charge in [-0.1, -0.05) is 84.4 Å². The van der Waals surface area contributed by atoms with Crippen molar-refractivity contribution in [2.75, 3.05) is 6.16 Å². The Hall–Kier alpha value is -1.82. The van der Waals surface area contributed by atoms with Crippen LogP contribution in [-0.4, -0.2) is 6.16 Å². The Morgan fingerprint density at radius 2 is 1.36 bits per heavy atom. The van der Waals surface area contributed by atoms with E-state index in [1.807, 2.05) is 78.9 Å². The summed E-state index contributed by atoms with van der Waals surface area (Å²) in [4.78, 5) is 0. The van der Waals surface area contributed by atoms with Gasteiger partial charge in [0.2, 0.25) is 0 Å². The molecule has 1 fully saturated rings. The summed E-state index contributed by atoms with van der Waals surface area (Å²) < 4.78 is 14.3. The maximum absolute atomic E-state index is 14.3. The monoisotopic (exact) mass is 366 g/mol. The molecule has 3 aromatic carbocycles. The fourth-order valence-electron chi connectivity index (χ4n) is 3.60. The Bertz CT molecular complexity index is 874. The van der Waals surface area contributed by atoms with Gasteiger partial charge >= 0.3 is 0 Å². The number of benzene rings is 3. The van der Waals surface area contributed by atoms with Crippen LogP contribution in [0.5, 0.6) is 0 Å². The van der Waals surface area contributed by atoms with Gasteiger partial charge in [0.25, 0.3) is 0 Å². The van der Waals surface area contributed by atoms with E-state index < -0.39 is 7.14 Å². The second-order valence-corrected chi connectivity index (χ2v) is 10.1. The summed E-state index contributed by atoms with van der Waals surface area (Å²) in [6.07, 6.45) is 2.79. The Balaban J connectivity index is 1.79. The zero-order chi connectivity index (χ0) is 17.3. The van der Waals surface area contributed by atoms with E-state index in [2.05, 4.69) is 6.07 Å². The lowest BCUT2D eigenvalue weighted by Crippen LogP contribution is -2.25. The second kappa shape index (κ2) is 6.48. The van der Waals surface area contributed by atoms with Crippen LogP contribution in [0.15, 0.2) is 84.9 Å². The van der Waals surface area contributed by atoms with Gasteiger partial charge in [-0.05, 0) is 30.5 Å². The van der Waals surface area contributed by atoms with Gasteiger partial charge in [-0.3, -0.25) is 0 Å². The van der Waals surface area contributed by atoms with E-state index in [-0.39, 0.29) is 5.41 Å². The van der Waals surface area contributed by atoms with Crippen LogP contribution >= 0.6 is 18.7 Å². The van der Waals surface area contributed by atoms with Crippen molar-refractivity contribution in [3.05, 3.63) is 95.5 Å². The van der Waals surface area contributed by atoms with E-state index in [0.29, 0.717) is 6.16 Å². The van der Waals surface area contributed by atoms with Crippen LogP contribution in [0.25, 0.3) is 0 Å². The molecule has 1 nitrogen and oxygen atoms in total. The topological polar surface area (TPSA) is 17.1 Å². The molecule has 1 aliphatic rings. The summed E-state index contributed by atoms with van der Waals surface area (Å²) in [5.74, 6) is 0. The summed E-state index contributed by atoms with van der Waals surface area (Å²) in [5.41, 5.74) is 1.19. The molecular formula is C22H20ClOP. The third-order valence-electron chi connectivity index (χ3n) is 5.16. The van der Waals surface area contributed by atoms with Crippen molar-refractivity contribution in [3.8, 4) is 0 Å². The Kier molecular flexibility index (Phi) is 4.31. The minimum Gasteiger partial charge on any atom is -0.314 e. The van der Waals surface area contributed by atoms with E-state index in [4.69, 9.17) is 11.6 Å². The minimum atomic E-state index is -2.71. The SMILES string of the molecule is O=P(CC1(c2cccc(Cl)c2)CC1)(c1ccccc1)c1ccccc1. The van der Waals surface area contributed by atoms with Crippen LogP contribution < -0.4 is 10.6 Å². The zero-order valence-electron chi connectivity index (χ0n) is 13.9. The first-order chi connectivity index (χ1) is 12.1. The lowest BCUT2D eigenvalue weighted by molar-refractivity contribution is 0.581. The van der Waals surface area contributed by atoms with Crippen molar-refractivity contribution < 1.29 is 4.57 Å². The standard InChI is InChI=1S/C22H20ClOP/c23-19-9-7-8-18(16-19)22(14-15-22)17-25(24,20-10-3-1-4-11-20)21-12-5-2-6-13-21/h1-13,16H,14-15,17H2. The number of hydrogen-bond donors (Lipinski definition) is 0. The van der Waals surface area contributed by atoms with E-state index >= 15 is 0 Å². The largest absolute Gasteiger partial charge is 0.314 e. The van der Waals surface area contributed by atoms with Crippen LogP contribution in [-0.2, 0) is 9.98 Å². The maximum Gasteiger partial charge on any atom is 0.144 e. The number of hydrogen-bond acceptors (Lipinski definition) is 1.